The highest BCUT2D eigenvalue weighted by atomic mass is 32.2. The van der Waals surface area contributed by atoms with Crippen LogP contribution < -0.4 is 0 Å². The van der Waals surface area contributed by atoms with Crippen LogP contribution in [0.1, 0.15) is 39.0 Å². The Morgan fingerprint density at radius 2 is 2.13 bits per heavy atom. The zero-order valence-corrected chi connectivity index (χ0v) is 10.5. The zero-order valence-electron chi connectivity index (χ0n) is 9.70. The molecular formula is C12H21NOS. The second-order valence-corrected chi connectivity index (χ2v) is 5.73. The molecule has 0 heterocycles. The third kappa shape index (κ3) is 3.12. The Kier molecular flexibility index (Phi) is 4.95. The summed E-state index contributed by atoms with van der Waals surface area (Å²) in [4.78, 5) is 0. The maximum Gasteiger partial charge on any atom is 0.0832 e. The second kappa shape index (κ2) is 5.77. The lowest BCUT2D eigenvalue weighted by molar-refractivity contribution is 0.0263. The minimum atomic E-state index is -0.442. The fourth-order valence-corrected chi connectivity index (χ4v) is 2.76. The van der Waals surface area contributed by atoms with Gasteiger partial charge >= 0.3 is 0 Å². The summed E-state index contributed by atoms with van der Waals surface area (Å²) >= 11 is 1.73. The van der Waals surface area contributed by atoms with Gasteiger partial charge in [0.05, 0.1) is 17.6 Å². The molecule has 86 valence electrons. The SMILES string of the molecule is CSCCC(O)C1(C#N)CCC(C)CC1. The summed E-state index contributed by atoms with van der Waals surface area (Å²) in [6.07, 6.45) is 6.29. The highest BCUT2D eigenvalue weighted by Crippen LogP contribution is 2.42. The van der Waals surface area contributed by atoms with Gasteiger partial charge in [0, 0.05) is 0 Å². The van der Waals surface area contributed by atoms with E-state index in [2.05, 4.69) is 13.0 Å². The Balaban J connectivity index is 2.57. The van der Waals surface area contributed by atoms with Crippen molar-refractivity contribution in [1.82, 2.24) is 0 Å². The van der Waals surface area contributed by atoms with Crippen LogP contribution in [0.4, 0.5) is 0 Å². The van der Waals surface area contributed by atoms with E-state index < -0.39 is 11.5 Å². The van der Waals surface area contributed by atoms with Gasteiger partial charge in [0.25, 0.3) is 0 Å². The Morgan fingerprint density at radius 3 is 2.60 bits per heavy atom. The monoisotopic (exact) mass is 227 g/mol. The third-order valence-electron chi connectivity index (χ3n) is 3.62. The van der Waals surface area contributed by atoms with Crippen LogP contribution in [-0.2, 0) is 0 Å². The number of hydrogen-bond donors (Lipinski definition) is 1. The number of thioether (sulfide) groups is 1. The number of aliphatic hydroxyl groups excluding tert-OH is 1. The molecule has 1 aliphatic rings. The molecule has 0 saturated heterocycles. The van der Waals surface area contributed by atoms with E-state index in [1.807, 2.05) is 6.26 Å². The van der Waals surface area contributed by atoms with E-state index in [1.54, 1.807) is 11.8 Å². The number of nitriles is 1. The van der Waals surface area contributed by atoms with Gasteiger partial charge in [-0.1, -0.05) is 6.92 Å². The normalized spacial score (nSPS) is 33.3. The summed E-state index contributed by atoms with van der Waals surface area (Å²) in [6.45, 7) is 2.23. The van der Waals surface area contributed by atoms with Crippen LogP contribution in [0.2, 0.25) is 0 Å². The van der Waals surface area contributed by atoms with Crippen LogP contribution in [0.25, 0.3) is 0 Å². The molecule has 1 aliphatic carbocycles. The molecule has 3 heteroatoms. The molecule has 0 aromatic rings. The summed E-state index contributed by atoms with van der Waals surface area (Å²) in [7, 11) is 0. The summed E-state index contributed by atoms with van der Waals surface area (Å²) in [5.74, 6) is 1.67. The van der Waals surface area contributed by atoms with Gasteiger partial charge in [-0.05, 0) is 50.0 Å². The van der Waals surface area contributed by atoms with E-state index in [-0.39, 0.29) is 0 Å². The van der Waals surface area contributed by atoms with E-state index >= 15 is 0 Å². The predicted octanol–water partition coefficient (Wildman–Crippen LogP) is 2.82. The van der Waals surface area contributed by atoms with Crippen molar-refractivity contribution in [3.63, 3.8) is 0 Å². The molecule has 0 bridgehead atoms. The van der Waals surface area contributed by atoms with Crippen LogP contribution in [-0.4, -0.2) is 23.2 Å². The second-order valence-electron chi connectivity index (χ2n) is 4.75. The molecule has 1 fully saturated rings. The molecule has 0 aromatic carbocycles. The Labute approximate surface area is 97.1 Å². The number of nitrogens with zero attached hydrogens (tertiary/aromatic N) is 1. The molecule has 0 aliphatic heterocycles. The van der Waals surface area contributed by atoms with Crippen molar-refractivity contribution in [2.75, 3.05) is 12.0 Å². The molecule has 15 heavy (non-hydrogen) atoms. The van der Waals surface area contributed by atoms with E-state index in [4.69, 9.17) is 0 Å². The molecule has 1 saturated carbocycles. The molecule has 0 radical (unpaired) electrons. The Bertz CT molecular complexity index is 228. The first-order valence-corrected chi connectivity index (χ1v) is 7.12. The fraction of sp³-hybridized carbons (Fsp3) is 0.917. The summed E-state index contributed by atoms with van der Waals surface area (Å²) in [5, 5.41) is 19.4. The van der Waals surface area contributed by atoms with Gasteiger partial charge in [-0.25, -0.2) is 0 Å². The van der Waals surface area contributed by atoms with Crippen LogP contribution in [0, 0.1) is 22.7 Å². The summed E-state index contributed by atoms with van der Waals surface area (Å²) in [6, 6.07) is 2.39. The van der Waals surface area contributed by atoms with Crippen molar-refractivity contribution in [2.24, 2.45) is 11.3 Å². The van der Waals surface area contributed by atoms with Gasteiger partial charge < -0.3 is 5.11 Å². The van der Waals surface area contributed by atoms with Crippen LogP contribution in [0.5, 0.6) is 0 Å². The molecule has 1 atom stereocenters. The molecule has 2 nitrogen and oxygen atoms in total. The van der Waals surface area contributed by atoms with Gasteiger partial charge in [0.1, 0.15) is 0 Å². The lowest BCUT2D eigenvalue weighted by atomic mass is 9.68. The maximum absolute atomic E-state index is 10.1. The Morgan fingerprint density at radius 1 is 1.53 bits per heavy atom. The van der Waals surface area contributed by atoms with E-state index in [0.717, 1.165) is 43.8 Å². The third-order valence-corrected chi connectivity index (χ3v) is 4.27. The highest BCUT2D eigenvalue weighted by Gasteiger charge is 2.40. The van der Waals surface area contributed by atoms with Crippen molar-refractivity contribution in [3.05, 3.63) is 0 Å². The largest absolute Gasteiger partial charge is 0.391 e. The molecular weight excluding hydrogens is 206 g/mol. The number of hydrogen-bond acceptors (Lipinski definition) is 3. The lowest BCUT2D eigenvalue weighted by Gasteiger charge is -2.37. The van der Waals surface area contributed by atoms with Crippen molar-refractivity contribution < 1.29 is 5.11 Å². The molecule has 0 aromatic heterocycles. The van der Waals surface area contributed by atoms with E-state index in [0.29, 0.717) is 0 Å². The first-order chi connectivity index (χ1) is 7.14. The molecule has 1 N–H and O–H groups in total. The van der Waals surface area contributed by atoms with Gasteiger partial charge in [-0.3, -0.25) is 0 Å². The average Bonchev–Trinajstić information content (AvgIpc) is 2.27. The lowest BCUT2D eigenvalue weighted by Crippen LogP contribution is -2.37. The zero-order chi connectivity index (χ0) is 11.3. The van der Waals surface area contributed by atoms with Crippen molar-refractivity contribution in [1.29, 1.82) is 5.26 Å². The Hall–Kier alpha value is -0.200. The quantitative estimate of drug-likeness (QED) is 0.803. The van der Waals surface area contributed by atoms with Crippen LogP contribution in [0.15, 0.2) is 0 Å². The number of rotatable bonds is 4. The maximum atomic E-state index is 10.1. The predicted molar refractivity (Wildman–Crippen MR) is 64.7 cm³/mol. The van der Waals surface area contributed by atoms with Crippen molar-refractivity contribution in [3.8, 4) is 6.07 Å². The van der Waals surface area contributed by atoms with E-state index in [9.17, 15) is 10.4 Å². The minimum absolute atomic E-state index is 0.428. The number of aliphatic hydroxyl groups is 1. The van der Waals surface area contributed by atoms with Crippen LogP contribution >= 0.6 is 11.8 Å². The summed E-state index contributed by atoms with van der Waals surface area (Å²) in [5.41, 5.74) is -0.442. The van der Waals surface area contributed by atoms with E-state index in [1.165, 1.54) is 0 Å². The highest BCUT2D eigenvalue weighted by molar-refractivity contribution is 7.98. The molecule has 1 rings (SSSR count). The first-order valence-electron chi connectivity index (χ1n) is 5.73. The van der Waals surface area contributed by atoms with Crippen LogP contribution in [0.3, 0.4) is 0 Å². The average molecular weight is 227 g/mol. The fourth-order valence-electron chi connectivity index (χ4n) is 2.30. The van der Waals surface area contributed by atoms with Gasteiger partial charge in [-0.15, -0.1) is 0 Å². The molecule has 1 unspecified atom stereocenters. The molecule has 0 spiro atoms. The van der Waals surface area contributed by atoms with Gasteiger partial charge in [-0.2, -0.15) is 17.0 Å². The molecule has 0 amide bonds. The van der Waals surface area contributed by atoms with Gasteiger partial charge in [0.15, 0.2) is 0 Å². The summed E-state index contributed by atoms with van der Waals surface area (Å²) < 4.78 is 0. The smallest absolute Gasteiger partial charge is 0.0832 e. The standard InChI is InChI=1S/C12H21NOS/c1-10-3-6-12(9-13,7-4-10)11(14)5-8-15-2/h10-11,14H,3-8H2,1-2H3. The van der Waals surface area contributed by atoms with Crippen molar-refractivity contribution >= 4 is 11.8 Å². The van der Waals surface area contributed by atoms with Gasteiger partial charge in [0.2, 0.25) is 0 Å². The first kappa shape index (κ1) is 12.9. The topological polar surface area (TPSA) is 44.0 Å². The van der Waals surface area contributed by atoms with Crippen molar-refractivity contribution in [2.45, 2.75) is 45.1 Å². The minimum Gasteiger partial charge on any atom is -0.391 e.